The summed E-state index contributed by atoms with van der Waals surface area (Å²) in [6.45, 7) is 1.33. The summed E-state index contributed by atoms with van der Waals surface area (Å²) in [6.07, 6.45) is 0. The van der Waals surface area contributed by atoms with E-state index in [1.807, 2.05) is 0 Å². The van der Waals surface area contributed by atoms with Crippen molar-refractivity contribution in [1.29, 1.82) is 0 Å². The van der Waals surface area contributed by atoms with Crippen LogP contribution in [0.15, 0.2) is 42.5 Å². The fourth-order valence-corrected chi connectivity index (χ4v) is 2.00. The number of ketones is 1. The Bertz CT molecular complexity index is 719. The van der Waals surface area contributed by atoms with Crippen LogP contribution in [0.4, 0.5) is 15.8 Å². The van der Waals surface area contributed by atoms with Gasteiger partial charge in [0.25, 0.3) is 0 Å². The van der Waals surface area contributed by atoms with E-state index < -0.39 is 5.82 Å². The van der Waals surface area contributed by atoms with Gasteiger partial charge in [-0.25, -0.2) is 4.39 Å². The van der Waals surface area contributed by atoms with Gasteiger partial charge >= 0.3 is 0 Å². The topological polar surface area (TPSA) is 58.2 Å². The second-order valence-corrected chi connectivity index (χ2v) is 5.10. The average molecular weight is 321 g/mol. The van der Waals surface area contributed by atoms with E-state index >= 15 is 0 Å². The van der Waals surface area contributed by atoms with Gasteiger partial charge in [0, 0.05) is 16.3 Å². The maximum Gasteiger partial charge on any atom is 0.243 e. The first-order chi connectivity index (χ1) is 10.5. The molecule has 2 N–H and O–H groups in total. The van der Waals surface area contributed by atoms with Gasteiger partial charge in [0.05, 0.1) is 12.2 Å². The number of anilines is 2. The van der Waals surface area contributed by atoms with Crippen LogP contribution >= 0.6 is 11.6 Å². The molecule has 0 aliphatic heterocycles. The number of hydrogen-bond acceptors (Lipinski definition) is 3. The zero-order valence-corrected chi connectivity index (χ0v) is 12.6. The fraction of sp³-hybridized carbons (Fsp3) is 0.125. The summed E-state index contributed by atoms with van der Waals surface area (Å²) in [7, 11) is 0. The minimum Gasteiger partial charge on any atom is -0.374 e. The molecule has 22 heavy (non-hydrogen) atoms. The molecule has 2 aromatic carbocycles. The molecule has 0 atom stereocenters. The Balaban J connectivity index is 1.97. The van der Waals surface area contributed by atoms with E-state index in [-0.39, 0.29) is 23.9 Å². The molecule has 0 saturated heterocycles. The van der Waals surface area contributed by atoms with E-state index in [0.717, 1.165) is 0 Å². The summed E-state index contributed by atoms with van der Waals surface area (Å²) >= 11 is 5.77. The van der Waals surface area contributed by atoms with E-state index in [0.29, 0.717) is 16.3 Å². The summed E-state index contributed by atoms with van der Waals surface area (Å²) in [5, 5.41) is 5.68. The van der Waals surface area contributed by atoms with Crippen LogP contribution in [-0.4, -0.2) is 18.2 Å². The van der Waals surface area contributed by atoms with E-state index in [2.05, 4.69) is 10.6 Å². The highest BCUT2D eigenvalue weighted by molar-refractivity contribution is 6.30. The molecule has 2 aromatic rings. The number of carbonyl (C=O) groups excluding carboxylic acids is 2. The third-order valence-electron chi connectivity index (χ3n) is 2.92. The molecule has 0 unspecified atom stereocenters. The zero-order valence-electron chi connectivity index (χ0n) is 11.8. The lowest BCUT2D eigenvalue weighted by atomic mass is 10.1. The maximum absolute atomic E-state index is 13.5. The Kier molecular flexibility index (Phi) is 5.12. The minimum absolute atomic E-state index is 0.0878. The van der Waals surface area contributed by atoms with E-state index in [4.69, 9.17) is 11.6 Å². The zero-order chi connectivity index (χ0) is 16.1. The molecular weight excluding hydrogens is 307 g/mol. The van der Waals surface area contributed by atoms with Crippen LogP contribution in [0.25, 0.3) is 0 Å². The molecule has 0 bridgehead atoms. The van der Waals surface area contributed by atoms with E-state index in [9.17, 15) is 14.0 Å². The summed E-state index contributed by atoms with van der Waals surface area (Å²) in [4.78, 5) is 23.1. The standard InChI is InChI=1S/C16H14ClFN2O2/c1-10(21)11-3-2-4-13(7-11)20-16(22)9-19-15-8-12(17)5-6-14(15)18/h2-8,19H,9H2,1H3,(H,20,22). The lowest BCUT2D eigenvalue weighted by molar-refractivity contribution is -0.114. The van der Waals surface area contributed by atoms with Crippen LogP contribution in [0.2, 0.25) is 5.02 Å². The normalized spacial score (nSPS) is 10.1. The summed E-state index contributed by atoms with van der Waals surface area (Å²) in [5.41, 5.74) is 1.16. The first-order valence-corrected chi connectivity index (χ1v) is 6.93. The molecule has 0 radical (unpaired) electrons. The Morgan fingerprint density at radius 2 is 1.95 bits per heavy atom. The van der Waals surface area contributed by atoms with Crippen LogP contribution < -0.4 is 10.6 Å². The first-order valence-electron chi connectivity index (χ1n) is 6.55. The van der Waals surface area contributed by atoms with E-state index in [1.165, 1.54) is 25.1 Å². The van der Waals surface area contributed by atoms with Gasteiger partial charge in [-0.15, -0.1) is 0 Å². The van der Waals surface area contributed by atoms with Gasteiger partial charge < -0.3 is 10.6 Å². The molecule has 0 aliphatic carbocycles. The second kappa shape index (κ2) is 7.04. The highest BCUT2D eigenvalue weighted by Crippen LogP contribution is 2.19. The number of halogens is 2. The molecule has 2 rings (SSSR count). The van der Waals surface area contributed by atoms with Gasteiger partial charge in [-0.1, -0.05) is 23.7 Å². The molecule has 6 heteroatoms. The number of benzene rings is 2. The highest BCUT2D eigenvalue weighted by Gasteiger charge is 2.07. The van der Waals surface area contributed by atoms with Crippen LogP contribution in [0.5, 0.6) is 0 Å². The Labute approximate surface area is 132 Å². The predicted molar refractivity (Wildman–Crippen MR) is 85.0 cm³/mol. The van der Waals surface area contributed by atoms with Crippen LogP contribution in [0.3, 0.4) is 0 Å². The molecule has 0 heterocycles. The lowest BCUT2D eigenvalue weighted by Gasteiger charge is -2.09. The number of carbonyl (C=O) groups is 2. The largest absolute Gasteiger partial charge is 0.374 e. The highest BCUT2D eigenvalue weighted by atomic mass is 35.5. The van der Waals surface area contributed by atoms with Gasteiger partial charge in [0.2, 0.25) is 5.91 Å². The lowest BCUT2D eigenvalue weighted by Crippen LogP contribution is -2.22. The molecule has 1 amide bonds. The van der Waals surface area contributed by atoms with Crippen molar-refractivity contribution in [3.05, 3.63) is 58.9 Å². The molecule has 0 spiro atoms. The predicted octanol–water partition coefficient (Wildman–Crippen LogP) is 3.73. The van der Waals surface area contributed by atoms with Crippen molar-refractivity contribution in [2.45, 2.75) is 6.92 Å². The average Bonchev–Trinajstić information content (AvgIpc) is 2.48. The van der Waals surface area contributed by atoms with Gasteiger partial charge in [-0.3, -0.25) is 9.59 Å². The summed E-state index contributed by atoms with van der Waals surface area (Å²) in [5.74, 6) is -0.939. The number of Topliss-reactive ketones (excluding diaryl/α,β-unsaturated/α-hetero) is 1. The fourth-order valence-electron chi connectivity index (χ4n) is 1.83. The summed E-state index contributed by atoms with van der Waals surface area (Å²) < 4.78 is 13.5. The van der Waals surface area contributed by atoms with Crippen LogP contribution in [0, 0.1) is 5.82 Å². The molecule has 114 valence electrons. The van der Waals surface area contributed by atoms with Gasteiger partial charge in [-0.2, -0.15) is 0 Å². The van der Waals surface area contributed by atoms with Crippen molar-refractivity contribution in [2.75, 3.05) is 17.2 Å². The van der Waals surface area contributed by atoms with Crippen LogP contribution in [0.1, 0.15) is 17.3 Å². The minimum atomic E-state index is -0.490. The van der Waals surface area contributed by atoms with Crippen molar-refractivity contribution in [1.82, 2.24) is 0 Å². The molecule has 0 aromatic heterocycles. The van der Waals surface area contributed by atoms with Crippen molar-refractivity contribution in [3.8, 4) is 0 Å². The Hall–Kier alpha value is -2.40. The van der Waals surface area contributed by atoms with Gasteiger partial charge in [-0.05, 0) is 37.3 Å². The number of hydrogen-bond donors (Lipinski definition) is 2. The van der Waals surface area contributed by atoms with Crippen molar-refractivity contribution >= 4 is 34.7 Å². The SMILES string of the molecule is CC(=O)c1cccc(NC(=O)CNc2cc(Cl)ccc2F)c1. The number of amides is 1. The number of nitrogens with one attached hydrogen (secondary N) is 2. The van der Waals surface area contributed by atoms with E-state index in [1.54, 1.807) is 24.3 Å². The van der Waals surface area contributed by atoms with Crippen molar-refractivity contribution < 1.29 is 14.0 Å². The van der Waals surface area contributed by atoms with Crippen molar-refractivity contribution in [3.63, 3.8) is 0 Å². The summed E-state index contributed by atoms with van der Waals surface area (Å²) in [6, 6.07) is 10.6. The quantitative estimate of drug-likeness (QED) is 0.825. The molecule has 0 saturated carbocycles. The second-order valence-electron chi connectivity index (χ2n) is 4.66. The first kappa shape index (κ1) is 16.0. The maximum atomic E-state index is 13.5. The van der Waals surface area contributed by atoms with Crippen LogP contribution in [-0.2, 0) is 4.79 Å². The Morgan fingerprint density at radius 3 is 2.68 bits per heavy atom. The Morgan fingerprint density at radius 1 is 1.18 bits per heavy atom. The molecule has 4 nitrogen and oxygen atoms in total. The van der Waals surface area contributed by atoms with Gasteiger partial charge in [0.1, 0.15) is 5.82 Å². The number of rotatable bonds is 5. The molecule has 0 aliphatic rings. The van der Waals surface area contributed by atoms with Gasteiger partial charge in [0.15, 0.2) is 5.78 Å². The molecule has 0 fully saturated rings. The van der Waals surface area contributed by atoms with Crippen molar-refractivity contribution in [2.24, 2.45) is 0 Å². The monoisotopic (exact) mass is 320 g/mol. The third-order valence-corrected chi connectivity index (χ3v) is 3.16. The third kappa shape index (κ3) is 4.30. The smallest absolute Gasteiger partial charge is 0.243 e. The molecular formula is C16H14ClFN2O2.